The van der Waals surface area contributed by atoms with E-state index < -0.39 is 0 Å². The van der Waals surface area contributed by atoms with Crippen molar-refractivity contribution in [3.05, 3.63) is 54.2 Å². The molecule has 0 spiro atoms. The van der Waals surface area contributed by atoms with Crippen LogP contribution in [0.3, 0.4) is 0 Å². The Labute approximate surface area is 124 Å². The molecule has 0 atom stereocenters. The van der Waals surface area contributed by atoms with Gasteiger partial charge in [-0.1, -0.05) is 24.3 Å². The number of aromatic nitrogens is 2. The summed E-state index contributed by atoms with van der Waals surface area (Å²) in [4.78, 5) is 0. The summed E-state index contributed by atoms with van der Waals surface area (Å²) in [6.07, 6.45) is 2.03. The third-order valence-corrected chi connectivity index (χ3v) is 3.25. The van der Waals surface area contributed by atoms with Crippen LogP contribution in [0.1, 0.15) is 19.4 Å². The number of anilines is 1. The van der Waals surface area contributed by atoms with Gasteiger partial charge >= 0.3 is 0 Å². The predicted molar refractivity (Wildman–Crippen MR) is 85.6 cm³/mol. The molecule has 0 amide bonds. The number of fused-ring (bicyclic) bond motifs is 1. The van der Waals surface area contributed by atoms with E-state index in [2.05, 4.69) is 33.7 Å². The van der Waals surface area contributed by atoms with E-state index in [1.807, 2.05) is 44.3 Å². The van der Waals surface area contributed by atoms with Crippen molar-refractivity contribution < 1.29 is 4.74 Å². The van der Waals surface area contributed by atoms with Crippen molar-refractivity contribution in [1.82, 2.24) is 10.2 Å². The molecule has 1 aromatic heterocycles. The van der Waals surface area contributed by atoms with Gasteiger partial charge in [-0.25, -0.2) is 0 Å². The van der Waals surface area contributed by atoms with E-state index in [0.717, 1.165) is 28.9 Å². The molecular weight excluding hydrogens is 262 g/mol. The Balaban J connectivity index is 1.68. The second kappa shape index (κ2) is 5.87. The van der Waals surface area contributed by atoms with Crippen molar-refractivity contribution in [2.75, 3.05) is 5.32 Å². The van der Waals surface area contributed by atoms with E-state index in [-0.39, 0.29) is 6.10 Å². The van der Waals surface area contributed by atoms with E-state index in [1.165, 1.54) is 5.56 Å². The summed E-state index contributed by atoms with van der Waals surface area (Å²) < 4.78 is 5.65. The van der Waals surface area contributed by atoms with Crippen LogP contribution in [0.5, 0.6) is 5.75 Å². The average Bonchev–Trinajstić information content (AvgIpc) is 2.95. The molecule has 0 aliphatic heterocycles. The van der Waals surface area contributed by atoms with E-state index in [1.54, 1.807) is 0 Å². The van der Waals surface area contributed by atoms with Crippen LogP contribution in [-0.4, -0.2) is 16.3 Å². The number of H-pyrrole nitrogens is 1. The van der Waals surface area contributed by atoms with E-state index in [0.29, 0.717) is 0 Å². The standard InChI is InChI=1S/C17H19N3O/c1-12(2)21-15-8-6-13(7-9-15)10-18-16-5-3-4-14-11-19-20-17(14)16/h3-9,11-12,18H,10H2,1-2H3,(H,19,20). The van der Waals surface area contributed by atoms with Crippen molar-refractivity contribution in [2.45, 2.75) is 26.5 Å². The summed E-state index contributed by atoms with van der Waals surface area (Å²) in [7, 11) is 0. The van der Waals surface area contributed by atoms with Gasteiger partial charge in [-0.2, -0.15) is 5.10 Å². The van der Waals surface area contributed by atoms with Crippen molar-refractivity contribution >= 4 is 16.6 Å². The number of nitrogens with one attached hydrogen (secondary N) is 2. The Bertz CT molecular complexity index is 716. The van der Waals surface area contributed by atoms with Gasteiger partial charge in [-0.15, -0.1) is 0 Å². The van der Waals surface area contributed by atoms with Gasteiger partial charge in [0, 0.05) is 11.9 Å². The maximum Gasteiger partial charge on any atom is 0.119 e. The molecule has 3 rings (SSSR count). The molecule has 0 unspecified atom stereocenters. The zero-order valence-corrected chi connectivity index (χ0v) is 12.3. The smallest absolute Gasteiger partial charge is 0.119 e. The Kier molecular flexibility index (Phi) is 3.77. The minimum Gasteiger partial charge on any atom is -0.491 e. The monoisotopic (exact) mass is 281 g/mol. The van der Waals surface area contributed by atoms with Crippen molar-refractivity contribution in [3.63, 3.8) is 0 Å². The summed E-state index contributed by atoms with van der Waals surface area (Å²) in [6, 6.07) is 14.3. The second-order valence-electron chi connectivity index (χ2n) is 5.30. The molecule has 0 aliphatic carbocycles. The molecule has 21 heavy (non-hydrogen) atoms. The summed E-state index contributed by atoms with van der Waals surface area (Å²) in [6.45, 7) is 4.82. The third kappa shape index (κ3) is 3.16. The first-order valence-electron chi connectivity index (χ1n) is 7.14. The quantitative estimate of drug-likeness (QED) is 0.744. The first kappa shape index (κ1) is 13.5. The van der Waals surface area contributed by atoms with E-state index >= 15 is 0 Å². The normalized spacial score (nSPS) is 11.0. The summed E-state index contributed by atoms with van der Waals surface area (Å²) in [5.74, 6) is 0.907. The van der Waals surface area contributed by atoms with Gasteiger partial charge in [0.15, 0.2) is 0 Å². The van der Waals surface area contributed by atoms with Crippen molar-refractivity contribution in [3.8, 4) is 5.75 Å². The lowest BCUT2D eigenvalue weighted by Gasteiger charge is -2.11. The number of para-hydroxylation sites is 1. The number of aromatic amines is 1. The van der Waals surface area contributed by atoms with Crippen molar-refractivity contribution in [1.29, 1.82) is 0 Å². The molecule has 0 saturated heterocycles. The number of nitrogens with zero attached hydrogens (tertiary/aromatic N) is 1. The van der Waals surface area contributed by atoms with Crippen LogP contribution in [0, 0.1) is 0 Å². The van der Waals surface area contributed by atoms with Gasteiger partial charge in [0.1, 0.15) is 5.75 Å². The van der Waals surface area contributed by atoms with E-state index in [9.17, 15) is 0 Å². The van der Waals surface area contributed by atoms with Crippen LogP contribution < -0.4 is 10.1 Å². The SMILES string of the molecule is CC(C)Oc1ccc(CNc2cccc3cn[nH]c23)cc1. The molecular formula is C17H19N3O. The lowest BCUT2D eigenvalue weighted by molar-refractivity contribution is 0.242. The molecule has 3 aromatic rings. The average molecular weight is 281 g/mol. The molecule has 0 fully saturated rings. The molecule has 108 valence electrons. The molecule has 0 radical (unpaired) electrons. The number of ether oxygens (including phenoxy) is 1. The highest BCUT2D eigenvalue weighted by Crippen LogP contribution is 2.21. The largest absolute Gasteiger partial charge is 0.491 e. The first-order valence-corrected chi connectivity index (χ1v) is 7.14. The highest BCUT2D eigenvalue weighted by molar-refractivity contribution is 5.89. The lowest BCUT2D eigenvalue weighted by Crippen LogP contribution is -2.05. The fraction of sp³-hybridized carbons (Fsp3) is 0.235. The summed E-state index contributed by atoms with van der Waals surface area (Å²) >= 11 is 0. The zero-order chi connectivity index (χ0) is 14.7. The molecule has 2 aromatic carbocycles. The Morgan fingerprint density at radius 3 is 2.71 bits per heavy atom. The first-order chi connectivity index (χ1) is 10.2. The Morgan fingerprint density at radius 1 is 1.14 bits per heavy atom. The highest BCUT2D eigenvalue weighted by atomic mass is 16.5. The van der Waals surface area contributed by atoms with Gasteiger partial charge in [0.05, 0.1) is 23.5 Å². The number of hydrogen-bond donors (Lipinski definition) is 2. The highest BCUT2D eigenvalue weighted by Gasteiger charge is 2.03. The van der Waals surface area contributed by atoms with Gasteiger partial charge in [-0.3, -0.25) is 5.10 Å². The van der Waals surface area contributed by atoms with Crippen molar-refractivity contribution in [2.24, 2.45) is 0 Å². The Morgan fingerprint density at radius 2 is 1.95 bits per heavy atom. The van der Waals surface area contributed by atoms with Crippen LogP contribution in [0.15, 0.2) is 48.7 Å². The third-order valence-electron chi connectivity index (χ3n) is 3.25. The zero-order valence-electron chi connectivity index (χ0n) is 12.3. The topological polar surface area (TPSA) is 49.9 Å². The van der Waals surface area contributed by atoms with Gasteiger partial charge in [-0.05, 0) is 37.6 Å². The van der Waals surface area contributed by atoms with Gasteiger partial charge in [0.25, 0.3) is 0 Å². The molecule has 1 heterocycles. The van der Waals surface area contributed by atoms with Crippen LogP contribution in [0.4, 0.5) is 5.69 Å². The fourth-order valence-electron chi connectivity index (χ4n) is 2.27. The molecule has 0 bridgehead atoms. The molecule has 4 heteroatoms. The van der Waals surface area contributed by atoms with Crippen LogP contribution in [0.25, 0.3) is 10.9 Å². The number of benzene rings is 2. The number of rotatable bonds is 5. The molecule has 2 N–H and O–H groups in total. The lowest BCUT2D eigenvalue weighted by atomic mass is 10.2. The summed E-state index contributed by atoms with van der Waals surface area (Å²) in [5, 5.41) is 11.6. The Hall–Kier alpha value is -2.49. The van der Waals surface area contributed by atoms with Gasteiger partial charge < -0.3 is 10.1 Å². The van der Waals surface area contributed by atoms with Crippen LogP contribution in [0.2, 0.25) is 0 Å². The molecule has 0 aliphatic rings. The number of hydrogen-bond acceptors (Lipinski definition) is 3. The minimum absolute atomic E-state index is 0.201. The maximum atomic E-state index is 5.65. The predicted octanol–water partition coefficient (Wildman–Crippen LogP) is 3.96. The molecule has 4 nitrogen and oxygen atoms in total. The van der Waals surface area contributed by atoms with Gasteiger partial charge in [0.2, 0.25) is 0 Å². The summed E-state index contributed by atoms with van der Waals surface area (Å²) in [5.41, 5.74) is 3.31. The van der Waals surface area contributed by atoms with Crippen LogP contribution >= 0.6 is 0 Å². The maximum absolute atomic E-state index is 5.65. The van der Waals surface area contributed by atoms with Crippen LogP contribution in [-0.2, 0) is 6.54 Å². The molecule has 0 saturated carbocycles. The fourth-order valence-corrected chi connectivity index (χ4v) is 2.27. The second-order valence-corrected chi connectivity index (χ2v) is 5.30. The van der Waals surface area contributed by atoms with E-state index in [4.69, 9.17) is 4.74 Å². The minimum atomic E-state index is 0.201.